The van der Waals surface area contributed by atoms with E-state index in [0.29, 0.717) is 11.5 Å². The molecular formula is C22H32O2. The van der Waals surface area contributed by atoms with E-state index in [1.807, 2.05) is 19.1 Å². The summed E-state index contributed by atoms with van der Waals surface area (Å²) in [4.78, 5) is 0. The summed E-state index contributed by atoms with van der Waals surface area (Å²) >= 11 is 0. The first-order valence-corrected chi connectivity index (χ1v) is 9.20. The average molecular weight is 328 g/mol. The third-order valence-electron chi connectivity index (χ3n) is 5.53. The van der Waals surface area contributed by atoms with Crippen molar-refractivity contribution in [3.05, 3.63) is 47.1 Å². The molecule has 132 valence electrons. The van der Waals surface area contributed by atoms with Gasteiger partial charge in [0.15, 0.2) is 0 Å². The second-order valence-electron chi connectivity index (χ2n) is 7.63. The van der Waals surface area contributed by atoms with Gasteiger partial charge in [-0.05, 0) is 69.1 Å². The fourth-order valence-corrected chi connectivity index (χ4v) is 3.69. The highest BCUT2D eigenvalue weighted by molar-refractivity contribution is 5.51. The van der Waals surface area contributed by atoms with Gasteiger partial charge in [0, 0.05) is 11.5 Å². The molecule has 2 heteroatoms. The van der Waals surface area contributed by atoms with Gasteiger partial charge in [0.2, 0.25) is 0 Å². The van der Waals surface area contributed by atoms with Crippen LogP contribution in [0.4, 0.5) is 0 Å². The van der Waals surface area contributed by atoms with Gasteiger partial charge in [0.25, 0.3) is 0 Å². The Morgan fingerprint density at radius 2 is 1.92 bits per heavy atom. The largest absolute Gasteiger partial charge is 0.507 e. The highest BCUT2D eigenvalue weighted by Gasteiger charge is 2.30. The fraction of sp³-hybridized carbons (Fsp3) is 0.545. The third kappa shape index (κ3) is 4.23. The van der Waals surface area contributed by atoms with Crippen LogP contribution in [-0.2, 0) is 6.42 Å². The van der Waals surface area contributed by atoms with Crippen LogP contribution in [-0.4, -0.2) is 10.2 Å². The van der Waals surface area contributed by atoms with Crippen LogP contribution in [0.3, 0.4) is 0 Å². The molecule has 0 radical (unpaired) electrons. The lowest BCUT2D eigenvalue weighted by Gasteiger charge is -2.31. The molecule has 0 heterocycles. The average Bonchev–Trinajstić information content (AvgIpc) is 2.51. The number of aryl methyl sites for hydroxylation is 1. The van der Waals surface area contributed by atoms with E-state index in [2.05, 4.69) is 33.4 Å². The Morgan fingerprint density at radius 1 is 1.29 bits per heavy atom. The molecule has 2 unspecified atom stereocenters. The van der Waals surface area contributed by atoms with Gasteiger partial charge in [-0.1, -0.05) is 44.1 Å². The van der Waals surface area contributed by atoms with Crippen molar-refractivity contribution in [2.24, 2.45) is 11.8 Å². The number of allylic oxidation sites excluding steroid dienone is 3. The number of benzene rings is 1. The number of phenolic OH excluding ortho intramolecular Hbond substituents is 2. The predicted molar refractivity (Wildman–Crippen MR) is 102 cm³/mol. The zero-order valence-electron chi connectivity index (χ0n) is 15.6. The van der Waals surface area contributed by atoms with E-state index in [0.717, 1.165) is 43.2 Å². The van der Waals surface area contributed by atoms with Crippen LogP contribution in [0.15, 0.2) is 35.9 Å². The van der Waals surface area contributed by atoms with Gasteiger partial charge in [-0.15, -0.1) is 0 Å². The minimum Gasteiger partial charge on any atom is -0.507 e. The molecule has 0 fully saturated rings. The number of aromatic hydroxyl groups is 2. The summed E-state index contributed by atoms with van der Waals surface area (Å²) in [6.07, 6.45) is 7.39. The topological polar surface area (TPSA) is 40.5 Å². The first-order valence-electron chi connectivity index (χ1n) is 9.20. The maximum Gasteiger partial charge on any atom is 0.123 e. The lowest BCUT2D eigenvalue weighted by atomic mass is 9.73. The molecular weight excluding hydrogens is 296 g/mol. The summed E-state index contributed by atoms with van der Waals surface area (Å²) in [5.41, 5.74) is 4.10. The first-order chi connectivity index (χ1) is 11.3. The van der Waals surface area contributed by atoms with Crippen LogP contribution in [0.1, 0.15) is 70.4 Å². The molecule has 1 aliphatic rings. The minimum atomic E-state index is 0.0138. The lowest BCUT2D eigenvalue weighted by Crippen LogP contribution is -2.17. The second kappa shape index (κ2) is 7.92. The minimum absolute atomic E-state index is 0.0138. The summed E-state index contributed by atoms with van der Waals surface area (Å²) < 4.78 is 0. The van der Waals surface area contributed by atoms with Crippen LogP contribution in [0.25, 0.3) is 0 Å². The molecule has 24 heavy (non-hydrogen) atoms. The van der Waals surface area contributed by atoms with Gasteiger partial charge in [0.05, 0.1) is 0 Å². The fourth-order valence-electron chi connectivity index (χ4n) is 3.69. The Balaban J connectivity index is 2.32. The van der Waals surface area contributed by atoms with Gasteiger partial charge in [-0.2, -0.15) is 0 Å². The highest BCUT2D eigenvalue weighted by Crippen LogP contribution is 2.46. The van der Waals surface area contributed by atoms with Crippen molar-refractivity contribution < 1.29 is 10.2 Å². The van der Waals surface area contributed by atoms with E-state index in [4.69, 9.17) is 0 Å². The standard InChI is InChI=1S/C22H32O2/c1-6-15(4)7-9-17-12-20(23)22(21(24)13-17)19-11-16(5)8-10-18(19)14(2)3/h11-13,15,18-19,23-24H,2,6-10H2,1,3-5H3/t15?,18?,19-/m1/s1. The van der Waals surface area contributed by atoms with Crippen molar-refractivity contribution in [1.82, 2.24) is 0 Å². The summed E-state index contributed by atoms with van der Waals surface area (Å²) in [7, 11) is 0. The quantitative estimate of drug-likeness (QED) is 0.620. The first kappa shape index (κ1) is 18.6. The van der Waals surface area contributed by atoms with Crippen LogP contribution in [0, 0.1) is 11.8 Å². The second-order valence-corrected chi connectivity index (χ2v) is 7.63. The smallest absolute Gasteiger partial charge is 0.123 e. The van der Waals surface area contributed by atoms with Crippen molar-refractivity contribution >= 4 is 0 Å². The molecule has 0 amide bonds. The van der Waals surface area contributed by atoms with Crippen LogP contribution in [0.2, 0.25) is 0 Å². The number of hydrogen-bond acceptors (Lipinski definition) is 2. The lowest BCUT2D eigenvalue weighted by molar-refractivity contribution is 0.405. The molecule has 2 nitrogen and oxygen atoms in total. The molecule has 0 aliphatic heterocycles. The summed E-state index contributed by atoms with van der Waals surface area (Å²) in [6, 6.07) is 3.68. The van der Waals surface area contributed by atoms with Gasteiger partial charge in [-0.3, -0.25) is 0 Å². The van der Waals surface area contributed by atoms with E-state index in [1.165, 1.54) is 5.57 Å². The van der Waals surface area contributed by atoms with Crippen molar-refractivity contribution in [2.45, 2.75) is 65.7 Å². The van der Waals surface area contributed by atoms with Crippen molar-refractivity contribution in [1.29, 1.82) is 0 Å². The van der Waals surface area contributed by atoms with Crippen LogP contribution in [0.5, 0.6) is 11.5 Å². The Labute approximate surface area is 146 Å². The van der Waals surface area contributed by atoms with Crippen molar-refractivity contribution in [3.63, 3.8) is 0 Å². The van der Waals surface area contributed by atoms with E-state index >= 15 is 0 Å². The maximum atomic E-state index is 10.6. The summed E-state index contributed by atoms with van der Waals surface area (Å²) in [5, 5.41) is 21.2. The number of phenols is 2. The zero-order chi connectivity index (χ0) is 17.9. The molecule has 0 aromatic heterocycles. The molecule has 3 atom stereocenters. The Bertz CT molecular complexity index is 604. The van der Waals surface area contributed by atoms with E-state index in [-0.39, 0.29) is 23.3 Å². The normalized spacial score (nSPS) is 22.1. The predicted octanol–water partition coefficient (Wildman–Crippen LogP) is 6.09. The summed E-state index contributed by atoms with van der Waals surface area (Å²) in [5.74, 6) is 1.38. The molecule has 2 N–H and O–H groups in total. The molecule has 2 rings (SSSR count). The third-order valence-corrected chi connectivity index (χ3v) is 5.53. The Morgan fingerprint density at radius 3 is 2.46 bits per heavy atom. The van der Waals surface area contributed by atoms with Crippen LogP contribution < -0.4 is 0 Å². The summed E-state index contributed by atoms with van der Waals surface area (Å²) in [6.45, 7) is 12.7. The van der Waals surface area contributed by atoms with Crippen molar-refractivity contribution in [3.8, 4) is 11.5 Å². The molecule has 0 spiro atoms. The van der Waals surface area contributed by atoms with Crippen LogP contribution >= 0.6 is 0 Å². The van der Waals surface area contributed by atoms with Crippen molar-refractivity contribution in [2.75, 3.05) is 0 Å². The van der Waals surface area contributed by atoms with E-state index in [9.17, 15) is 10.2 Å². The Kier molecular flexibility index (Phi) is 6.15. The van der Waals surface area contributed by atoms with Gasteiger partial charge in [0.1, 0.15) is 11.5 Å². The number of hydrogen-bond donors (Lipinski definition) is 2. The van der Waals surface area contributed by atoms with Gasteiger partial charge >= 0.3 is 0 Å². The zero-order valence-corrected chi connectivity index (χ0v) is 15.6. The Hall–Kier alpha value is -1.70. The monoisotopic (exact) mass is 328 g/mol. The van der Waals surface area contributed by atoms with E-state index < -0.39 is 0 Å². The molecule has 1 aromatic rings. The molecule has 1 aliphatic carbocycles. The van der Waals surface area contributed by atoms with Gasteiger partial charge < -0.3 is 10.2 Å². The molecule has 0 saturated carbocycles. The molecule has 0 saturated heterocycles. The number of rotatable bonds is 6. The highest BCUT2D eigenvalue weighted by atomic mass is 16.3. The molecule has 1 aromatic carbocycles. The maximum absolute atomic E-state index is 10.6. The van der Waals surface area contributed by atoms with Gasteiger partial charge in [-0.25, -0.2) is 0 Å². The van der Waals surface area contributed by atoms with E-state index in [1.54, 1.807) is 0 Å². The SMILES string of the molecule is C=C(C)C1CCC(C)=C[C@H]1c1c(O)cc(CCC(C)CC)cc1O. The molecule has 0 bridgehead atoms.